The summed E-state index contributed by atoms with van der Waals surface area (Å²) < 4.78 is 13.9. The Morgan fingerprint density at radius 3 is 2.67 bits per heavy atom. The number of benzene rings is 1. The highest BCUT2D eigenvalue weighted by atomic mass is 19.1. The minimum atomic E-state index is -0.593. The summed E-state index contributed by atoms with van der Waals surface area (Å²) in [6.07, 6.45) is 2.85. The molecule has 1 aliphatic heterocycles. The number of hydrogen-bond acceptors (Lipinski definition) is 3. The molecule has 24 heavy (non-hydrogen) atoms. The summed E-state index contributed by atoms with van der Waals surface area (Å²) in [6.45, 7) is 0.497. The average Bonchev–Trinajstić information content (AvgIpc) is 3.10. The Hall–Kier alpha value is -2.76. The maximum atomic E-state index is 13.9. The molecule has 2 amide bonds. The number of amides is 2. The first kappa shape index (κ1) is 16.1. The second-order valence-corrected chi connectivity index (χ2v) is 5.72. The van der Waals surface area contributed by atoms with Gasteiger partial charge in [-0.3, -0.25) is 14.6 Å². The van der Waals surface area contributed by atoms with Crippen LogP contribution in [0.15, 0.2) is 48.7 Å². The Morgan fingerprint density at radius 1 is 1.21 bits per heavy atom. The lowest BCUT2D eigenvalue weighted by atomic mass is 10.1. The third-order valence-electron chi connectivity index (χ3n) is 4.23. The van der Waals surface area contributed by atoms with Crippen LogP contribution in [0.1, 0.15) is 23.3 Å². The van der Waals surface area contributed by atoms with Gasteiger partial charge in [0.2, 0.25) is 5.91 Å². The first-order valence-electron chi connectivity index (χ1n) is 7.83. The van der Waals surface area contributed by atoms with Crippen LogP contribution < -0.4 is 4.90 Å². The van der Waals surface area contributed by atoms with Gasteiger partial charge in [0, 0.05) is 19.8 Å². The Kier molecular flexibility index (Phi) is 4.55. The van der Waals surface area contributed by atoms with Gasteiger partial charge < -0.3 is 9.80 Å². The van der Waals surface area contributed by atoms with E-state index < -0.39 is 11.9 Å². The second-order valence-electron chi connectivity index (χ2n) is 5.72. The van der Waals surface area contributed by atoms with E-state index in [4.69, 9.17) is 0 Å². The summed E-state index contributed by atoms with van der Waals surface area (Å²) in [5.41, 5.74) is 0.519. The number of pyridine rings is 1. The highest BCUT2D eigenvalue weighted by molar-refractivity contribution is 6.01. The molecule has 0 N–H and O–H groups in total. The van der Waals surface area contributed by atoms with Gasteiger partial charge in [-0.15, -0.1) is 0 Å². The Balaban J connectivity index is 1.81. The molecule has 0 spiro atoms. The first-order valence-corrected chi connectivity index (χ1v) is 7.83. The van der Waals surface area contributed by atoms with Gasteiger partial charge in [0.05, 0.1) is 5.69 Å². The fraction of sp³-hybridized carbons (Fsp3) is 0.278. The van der Waals surface area contributed by atoms with E-state index in [-0.39, 0.29) is 17.5 Å². The van der Waals surface area contributed by atoms with Gasteiger partial charge in [-0.1, -0.05) is 18.2 Å². The highest BCUT2D eigenvalue weighted by Gasteiger charge is 2.37. The lowest BCUT2D eigenvalue weighted by Crippen LogP contribution is -2.47. The summed E-state index contributed by atoms with van der Waals surface area (Å²) in [5, 5.41) is 0. The fourth-order valence-corrected chi connectivity index (χ4v) is 2.97. The van der Waals surface area contributed by atoms with E-state index in [2.05, 4.69) is 4.98 Å². The summed E-state index contributed by atoms with van der Waals surface area (Å²) in [4.78, 5) is 32.3. The van der Waals surface area contributed by atoms with Crippen molar-refractivity contribution in [3.63, 3.8) is 0 Å². The van der Waals surface area contributed by atoms with E-state index >= 15 is 0 Å². The van der Waals surface area contributed by atoms with Crippen molar-refractivity contribution in [1.29, 1.82) is 0 Å². The summed E-state index contributed by atoms with van der Waals surface area (Å²) in [6, 6.07) is 10.6. The minimum Gasteiger partial charge on any atom is -0.325 e. The fourth-order valence-electron chi connectivity index (χ4n) is 2.97. The smallest absolute Gasteiger partial charge is 0.273 e. The molecule has 1 aromatic heterocycles. The van der Waals surface area contributed by atoms with Gasteiger partial charge >= 0.3 is 0 Å². The number of aromatic nitrogens is 1. The van der Waals surface area contributed by atoms with Crippen LogP contribution >= 0.6 is 0 Å². The van der Waals surface area contributed by atoms with Crippen molar-refractivity contribution in [3.05, 3.63) is 60.2 Å². The van der Waals surface area contributed by atoms with Crippen LogP contribution in [0.2, 0.25) is 0 Å². The van der Waals surface area contributed by atoms with E-state index in [0.717, 1.165) is 6.42 Å². The SMILES string of the molecule is CN(C(=O)[C@@H]1CCCN1C(=O)c1ccccn1)c1ccccc1F. The van der Waals surface area contributed by atoms with Crippen molar-refractivity contribution in [2.75, 3.05) is 18.5 Å². The van der Waals surface area contributed by atoms with Crippen LogP contribution in [-0.2, 0) is 4.79 Å². The molecular formula is C18H18FN3O2. The molecule has 5 nitrogen and oxygen atoms in total. The zero-order valence-corrected chi connectivity index (χ0v) is 13.4. The standard InChI is InChI=1S/C18H18FN3O2/c1-21(15-9-3-2-7-13(15)19)18(24)16-10-6-12-22(16)17(23)14-8-4-5-11-20-14/h2-5,7-9,11,16H,6,10,12H2,1H3/t16-/m0/s1. The normalized spacial score (nSPS) is 16.9. The molecule has 1 saturated heterocycles. The van der Waals surface area contributed by atoms with Gasteiger partial charge in [-0.2, -0.15) is 0 Å². The first-order chi connectivity index (χ1) is 11.6. The average molecular weight is 327 g/mol. The number of anilines is 1. The Morgan fingerprint density at radius 2 is 1.96 bits per heavy atom. The number of hydrogen-bond donors (Lipinski definition) is 0. The quantitative estimate of drug-likeness (QED) is 0.870. The molecule has 1 fully saturated rings. The van der Waals surface area contributed by atoms with Gasteiger partial charge in [0.15, 0.2) is 0 Å². The van der Waals surface area contributed by atoms with Crippen molar-refractivity contribution >= 4 is 17.5 Å². The lowest BCUT2D eigenvalue weighted by molar-refractivity contribution is -0.122. The maximum Gasteiger partial charge on any atom is 0.273 e. The second kappa shape index (κ2) is 6.78. The molecule has 1 atom stereocenters. The number of nitrogens with zero attached hydrogens (tertiary/aromatic N) is 3. The van der Waals surface area contributed by atoms with E-state index in [1.807, 2.05) is 0 Å². The number of carbonyl (C=O) groups is 2. The van der Waals surface area contributed by atoms with E-state index in [9.17, 15) is 14.0 Å². The van der Waals surface area contributed by atoms with Crippen LogP contribution in [0.3, 0.4) is 0 Å². The number of carbonyl (C=O) groups excluding carboxylic acids is 2. The molecule has 0 bridgehead atoms. The van der Waals surface area contributed by atoms with E-state index in [1.165, 1.54) is 22.9 Å². The van der Waals surface area contributed by atoms with Crippen molar-refractivity contribution in [3.8, 4) is 0 Å². The molecule has 6 heteroatoms. The van der Waals surface area contributed by atoms with E-state index in [1.54, 1.807) is 42.6 Å². The lowest BCUT2D eigenvalue weighted by Gasteiger charge is -2.28. The Bertz CT molecular complexity index is 751. The highest BCUT2D eigenvalue weighted by Crippen LogP contribution is 2.24. The van der Waals surface area contributed by atoms with Crippen molar-refractivity contribution in [2.45, 2.75) is 18.9 Å². The predicted molar refractivity (Wildman–Crippen MR) is 88.1 cm³/mol. The largest absolute Gasteiger partial charge is 0.325 e. The monoisotopic (exact) mass is 327 g/mol. The number of likely N-dealkylation sites (tertiary alicyclic amines) is 1. The Labute approximate surface area is 139 Å². The number of likely N-dealkylation sites (N-methyl/N-ethyl adjacent to an activating group) is 1. The van der Waals surface area contributed by atoms with Crippen LogP contribution in [0.5, 0.6) is 0 Å². The minimum absolute atomic E-state index is 0.208. The molecule has 0 aliphatic carbocycles. The molecule has 124 valence electrons. The maximum absolute atomic E-state index is 13.9. The molecule has 3 rings (SSSR count). The van der Waals surface area contributed by atoms with Gasteiger partial charge in [-0.25, -0.2) is 4.39 Å². The predicted octanol–water partition coefficient (Wildman–Crippen LogP) is 2.49. The number of rotatable bonds is 3. The van der Waals surface area contributed by atoms with Crippen molar-refractivity contribution < 1.29 is 14.0 Å². The summed E-state index contributed by atoms with van der Waals surface area (Å²) >= 11 is 0. The number of para-hydroxylation sites is 1. The summed E-state index contributed by atoms with van der Waals surface area (Å²) in [5.74, 6) is -1.02. The number of halogens is 1. The zero-order chi connectivity index (χ0) is 17.1. The molecule has 0 saturated carbocycles. The molecule has 0 unspecified atom stereocenters. The topological polar surface area (TPSA) is 53.5 Å². The molecular weight excluding hydrogens is 309 g/mol. The molecule has 2 aromatic rings. The third kappa shape index (κ3) is 2.99. The van der Waals surface area contributed by atoms with Gasteiger partial charge in [0.25, 0.3) is 5.91 Å². The van der Waals surface area contributed by atoms with Gasteiger partial charge in [0.1, 0.15) is 17.6 Å². The van der Waals surface area contributed by atoms with Crippen LogP contribution in [0.4, 0.5) is 10.1 Å². The van der Waals surface area contributed by atoms with Crippen LogP contribution in [-0.4, -0.2) is 41.3 Å². The summed E-state index contributed by atoms with van der Waals surface area (Å²) in [7, 11) is 1.53. The van der Waals surface area contributed by atoms with E-state index in [0.29, 0.717) is 18.7 Å². The zero-order valence-electron chi connectivity index (χ0n) is 13.4. The van der Waals surface area contributed by atoms with Crippen LogP contribution in [0, 0.1) is 5.82 Å². The van der Waals surface area contributed by atoms with Crippen molar-refractivity contribution in [2.24, 2.45) is 0 Å². The molecule has 0 radical (unpaired) electrons. The molecule has 1 aliphatic rings. The third-order valence-corrected chi connectivity index (χ3v) is 4.23. The van der Waals surface area contributed by atoms with Gasteiger partial charge in [-0.05, 0) is 37.1 Å². The molecule has 2 heterocycles. The van der Waals surface area contributed by atoms with Crippen LogP contribution in [0.25, 0.3) is 0 Å². The van der Waals surface area contributed by atoms with Crippen molar-refractivity contribution in [1.82, 2.24) is 9.88 Å². The molecule has 1 aromatic carbocycles.